The second kappa shape index (κ2) is 12.9. The number of methoxy groups -OCH3 is 2. The van der Waals surface area contributed by atoms with Crippen LogP contribution in [-0.4, -0.2) is 50.2 Å². The van der Waals surface area contributed by atoms with Crippen LogP contribution in [0.25, 0.3) is 0 Å². The monoisotopic (exact) mass is 453 g/mol. The van der Waals surface area contributed by atoms with E-state index in [0.717, 1.165) is 37.7 Å². The van der Waals surface area contributed by atoms with Crippen LogP contribution < -0.4 is 9.47 Å². The van der Waals surface area contributed by atoms with Crippen LogP contribution in [0.2, 0.25) is 0 Å². The van der Waals surface area contributed by atoms with Gasteiger partial charge in [0.15, 0.2) is 11.5 Å². The lowest BCUT2D eigenvalue weighted by Gasteiger charge is -2.34. The predicted octanol–water partition coefficient (Wildman–Crippen LogP) is 4.58. The summed E-state index contributed by atoms with van der Waals surface area (Å²) in [6, 6.07) is 15.5. The number of esters is 1. The summed E-state index contributed by atoms with van der Waals surface area (Å²) >= 11 is 0. The second-order valence-corrected chi connectivity index (χ2v) is 8.40. The van der Waals surface area contributed by atoms with Gasteiger partial charge in [-0.15, -0.1) is 0 Å². The van der Waals surface area contributed by atoms with Crippen LogP contribution in [0.1, 0.15) is 49.7 Å². The summed E-state index contributed by atoms with van der Waals surface area (Å²) in [6.45, 7) is 0.900. The summed E-state index contributed by atoms with van der Waals surface area (Å²) < 4.78 is 16.2. The van der Waals surface area contributed by atoms with E-state index in [0.29, 0.717) is 37.3 Å². The Morgan fingerprint density at radius 2 is 1.70 bits per heavy atom. The molecule has 178 valence electrons. The molecule has 1 amide bonds. The Balaban J connectivity index is 1.45. The fourth-order valence-corrected chi connectivity index (χ4v) is 4.27. The lowest BCUT2D eigenvalue weighted by Crippen LogP contribution is -2.48. The van der Waals surface area contributed by atoms with Gasteiger partial charge in [0.25, 0.3) is 0 Å². The summed E-state index contributed by atoms with van der Waals surface area (Å²) in [7, 11) is 3.19. The van der Waals surface area contributed by atoms with E-state index in [4.69, 9.17) is 14.2 Å². The van der Waals surface area contributed by atoms with Gasteiger partial charge >= 0.3 is 5.97 Å². The largest absolute Gasteiger partial charge is 0.493 e. The van der Waals surface area contributed by atoms with Gasteiger partial charge in [0.2, 0.25) is 5.91 Å². The topological polar surface area (TPSA) is 65.1 Å². The molecule has 2 aromatic rings. The van der Waals surface area contributed by atoms with Crippen molar-refractivity contribution in [1.82, 2.24) is 4.90 Å². The van der Waals surface area contributed by atoms with Crippen LogP contribution in [0.15, 0.2) is 48.5 Å². The van der Waals surface area contributed by atoms with E-state index in [1.165, 1.54) is 5.56 Å². The molecule has 0 N–H and O–H groups in total. The Kier molecular flexibility index (Phi) is 9.60. The molecule has 0 aliphatic carbocycles. The lowest BCUT2D eigenvalue weighted by atomic mass is 10.0. The van der Waals surface area contributed by atoms with Gasteiger partial charge in [0, 0.05) is 19.4 Å². The molecule has 1 atom stereocenters. The van der Waals surface area contributed by atoms with Crippen molar-refractivity contribution in [2.24, 2.45) is 0 Å². The molecule has 1 heterocycles. The molecule has 0 spiro atoms. The molecule has 1 saturated heterocycles. The molecular weight excluding hydrogens is 418 g/mol. The fourth-order valence-electron chi connectivity index (χ4n) is 4.27. The highest BCUT2D eigenvalue weighted by molar-refractivity contribution is 5.84. The van der Waals surface area contributed by atoms with Gasteiger partial charge in [-0.3, -0.25) is 4.79 Å². The third-order valence-corrected chi connectivity index (χ3v) is 6.13. The number of hydrogen-bond acceptors (Lipinski definition) is 5. The summed E-state index contributed by atoms with van der Waals surface area (Å²) in [5.41, 5.74) is 2.29. The molecule has 3 rings (SSSR count). The first-order chi connectivity index (χ1) is 16.1. The molecule has 0 radical (unpaired) electrons. The van der Waals surface area contributed by atoms with Gasteiger partial charge in [-0.05, 0) is 61.8 Å². The molecule has 1 fully saturated rings. The number of nitrogens with zero attached hydrogens (tertiary/aromatic N) is 1. The molecule has 6 nitrogen and oxygen atoms in total. The quantitative estimate of drug-likeness (QED) is 0.368. The van der Waals surface area contributed by atoms with Crippen molar-refractivity contribution >= 4 is 11.9 Å². The number of amides is 1. The van der Waals surface area contributed by atoms with E-state index >= 15 is 0 Å². The number of unbranched alkanes of at least 4 members (excludes halogenated alkanes) is 1. The molecular formula is C27H35NO5. The Bertz CT molecular complexity index is 899. The van der Waals surface area contributed by atoms with Crippen molar-refractivity contribution in [2.45, 2.75) is 57.4 Å². The fraction of sp³-hybridized carbons (Fsp3) is 0.481. The number of aryl methyl sites for hydroxylation is 1. The minimum Gasteiger partial charge on any atom is -0.493 e. The first kappa shape index (κ1) is 24.6. The smallest absolute Gasteiger partial charge is 0.328 e. The summed E-state index contributed by atoms with van der Waals surface area (Å²) in [4.78, 5) is 27.4. The van der Waals surface area contributed by atoms with Crippen LogP contribution in [0, 0.1) is 0 Å². The number of carbonyl (C=O) groups excluding carboxylic acids is 2. The van der Waals surface area contributed by atoms with Crippen LogP contribution in [-0.2, 0) is 27.2 Å². The zero-order valence-electron chi connectivity index (χ0n) is 19.8. The van der Waals surface area contributed by atoms with Crippen molar-refractivity contribution in [3.63, 3.8) is 0 Å². The zero-order chi connectivity index (χ0) is 23.5. The summed E-state index contributed by atoms with van der Waals surface area (Å²) in [5.74, 6) is 1.08. The summed E-state index contributed by atoms with van der Waals surface area (Å²) in [5, 5.41) is 0. The average Bonchev–Trinajstić information content (AvgIpc) is 2.87. The van der Waals surface area contributed by atoms with Gasteiger partial charge in [-0.1, -0.05) is 36.4 Å². The van der Waals surface area contributed by atoms with Crippen molar-refractivity contribution in [3.8, 4) is 11.5 Å². The molecule has 33 heavy (non-hydrogen) atoms. The second-order valence-electron chi connectivity index (χ2n) is 8.40. The predicted molar refractivity (Wildman–Crippen MR) is 128 cm³/mol. The van der Waals surface area contributed by atoms with E-state index in [9.17, 15) is 9.59 Å². The molecule has 1 aliphatic heterocycles. The van der Waals surface area contributed by atoms with Crippen molar-refractivity contribution in [3.05, 3.63) is 59.7 Å². The number of likely N-dealkylation sites (tertiary alicyclic amines) is 1. The maximum Gasteiger partial charge on any atom is 0.328 e. The van der Waals surface area contributed by atoms with Crippen molar-refractivity contribution < 1.29 is 23.8 Å². The zero-order valence-corrected chi connectivity index (χ0v) is 19.8. The van der Waals surface area contributed by atoms with Gasteiger partial charge in [0.05, 0.1) is 20.8 Å². The highest BCUT2D eigenvalue weighted by Crippen LogP contribution is 2.28. The molecule has 1 aliphatic rings. The van der Waals surface area contributed by atoms with Crippen LogP contribution in [0.3, 0.4) is 0 Å². The van der Waals surface area contributed by atoms with Gasteiger partial charge in [-0.2, -0.15) is 0 Å². The molecule has 2 aromatic carbocycles. The number of piperidine rings is 1. The maximum absolute atomic E-state index is 12.8. The first-order valence-electron chi connectivity index (χ1n) is 11.8. The highest BCUT2D eigenvalue weighted by Gasteiger charge is 2.32. The molecule has 0 bridgehead atoms. The lowest BCUT2D eigenvalue weighted by molar-refractivity contribution is -0.157. The molecule has 0 saturated carbocycles. The highest BCUT2D eigenvalue weighted by atomic mass is 16.5. The molecule has 1 unspecified atom stereocenters. The third kappa shape index (κ3) is 7.24. The van der Waals surface area contributed by atoms with Gasteiger partial charge in [0.1, 0.15) is 6.04 Å². The number of benzene rings is 2. The Hall–Kier alpha value is -3.02. The molecule has 0 aromatic heterocycles. The Morgan fingerprint density at radius 3 is 2.45 bits per heavy atom. The van der Waals surface area contributed by atoms with E-state index in [-0.39, 0.29) is 18.5 Å². The van der Waals surface area contributed by atoms with Crippen molar-refractivity contribution in [2.75, 3.05) is 27.4 Å². The van der Waals surface area contributed by atoms with E-state index < -0.39 is 6.04 Å². The minimum atomic E-state index is -0.467. The normalized spacial score (nSPS) is 15.7. The SMILES string of the molecule is COc1ccc(CCOC(=O)C2CCCCN2C(=O)CCCCc2ccccc2)cc1OC. The standard InChI is InChI=1S/C27H35NO5/c1-31-24-16-15-22(20-25(24)32-2)17-19-33-27(30)23-13-8-9-18-28(23)26(29)14-7-6-12-21-10-4-3-5-11-21/h3-5,10-11,15-16,20,23H,6-9,12-14,17-19H2,1-2H3. The van der Waals surface area contributed by atoms with E-state index in [2.05, 4.69) is 12.1 Å². The van der Waals surface area contributed by atoms with Crippen LogP contribution >= 0.6 is 0 Å². The minimum absolute atomic E-state index is 0.0598. The molecule has 6 heteroatoms. The third-order valence-electron chi connectivity index (χ3n) is 6.13. The average molecular weight is 454 g/mol. The number of hydrogen-bond donors (Lipinski definition) is 0. The Labute approximate surface area is 196 Å². The number of carbonyl (C=O) groups is 2. The maximum atomic E-state index is 12.8. The van der Waals surface area contributed by atoms with Crippen LogP contribution in [0.5, 0.6) is 11.5 Å². The number of ether oxygens (including phenoxy) is 3. The van der Waals surface area contributed by atoms with Crippen molar-refractivity contribution in [1.29, 1.82) is 0 Å². The van der Waals surface area contributed by atoms with Crippen LogP contribution in [0.4, 0.5) is 0 Å². The summed E-state index contributed by atoms with van der Waals surface area (Å²) in [6.07, 6.45) is 6.35. The Morgan fingerprint density at radius 1 is 0.909 bits per heavy atom. The van der Waals surface area contributed by atoms with E-state index in [1.54, 1.807) is 19.1 Å². The van der Waals surface area contributed by atoms with E-state index in [1.807, 2.05) is 36.4 Å². The number of rotatable bonds is 11. The van der Waals surface area contributed by atoms with Gasteiger partial charge < -0.3 is 19.1 Å². The first-order valence-corrected chi connectivity index (χ1v) is 11.8. The van der Waals surface area contributed by atoms with Gasteiger partial charge in [-0.25, -0.2) is 4.79 Å².